The molecule has 58 heavy (non-hydrogen) atoms. The fraction of sp³-hybridized carbons (Fsp3) is 0.0278. The summed E-state index contributed by atoms with van der Waals surface area (Å²) in [5, 5.41) is 81.0. The zero-order valence-corrected chi connectivity index (χ0v) is 32.1. The summed E-state index contributed by atoms with van der Waals surface area (Å²) in [6.07, 6.45) is 0. The molecule has 0 bridgehead atoms. The Bertz CT molecular complexity index is 2820. The molecule has 0 aliphatic carbocycles. The molecule has 22 heteroatoms. The molecular weight excluding hydrogens is 842 g/mol. The maximum atomic E-state index is 12.3. The Balaban J connectivity index is 0.000000257. The summed E-state index contributed by atoms with van der Waals surface area (Å²) in [4.78, 5) is 32.1. The molecule has 6 aromatic carbocycles. The molecule has 6 aromatic rings. The van der Waals surface area contributed by atoms with E-state index in [1.54, 1.807) is 54.6 Å². The maximum Gasteiger partial charge on any atom is 0.295 e. The molecule has 0 heterocycles. The van der Waals surface area contributed by atoms with Crippen LogP contribution < -0.4 is 5.32 Å². The summed E-state index contributed by atoms with van der Waals surface area (Å²) >= 11 is 5.95. The SMILES string of the molecule is C/C(O)=C(/N=Nc1cc([N+](=O)[O-])ccc1O)C(=O)Nc1ccccc1Cl.O=[N+]([O-])c1ccc2c(N=Nc3c(O)ccc4ccccc34)c(O)cc(S(=O)(=O)O)c2c1.[Cr]. The van der Waals surface area contributed by atoms with Crippen LogP contribution in [0, 0.1) is 20.2 Å². The van der Waals surface area contributed by atoms with E-state index in [4.69, 9.17) is 11.6 Å². The number of nitrogens with one attached hydrogen (secondary N) is 1. The van der Waals surface area contributed by atoms with Gasteiger partial charge in [-0.05, 0) is 42.6 Å². The van der Waals surface area contributed by atoms with Crippen molar-refractivity contribution in [2.75, 3.05) is 5.32 Å². The molecule has 0 radical (unpaired) electrons. The number of hydrogen-bond donors (Lipinski definition) is 6. The third-order valence-electron chi connectivity index (χ3n) is 7.76. The number of aliphatic hydroxyl groups is 1. The van der Waals surface area contributed by atoms with E-state index in [2.05, 4.69) is 25.8 Å². The number of nitro benzene ring substituents is 2. The molecular formula is C36H26ClCrN7O12S. The van der Waals surface area contributed by atoms with Crippen LogP contribution in [0.25, 0.3) is 21.5 Å². The summed E-state index contributed by atoms with van der Waals surface area (Å²) < 4.78 is 33.0. The summed E-state index contributed by atoms with van der Waals surface area (Å²) in [6, 6.07) is 23.8. The number of allylic oxidation sites excluding steroid dienone is 1. The van der Waals surface area contributed by atoms with Crippen LogP contribution in [0.1, 0.15) is 6.92 Å². The molecule has 0 unspecified atom stereocenters. The van der Waals surface area contributed by atoms with Crippen LogP contribution in [-0.2, 0) is 32.3 Å². The average Bonchev–Trinajstić information content (AvgIpc) is 3.16. The Kier molecular flexibility index (Phi) is 13.8. The van der Waals surface area contributed by atoms with Crippen molar-refractivity contribution in [3.05, 3.63) is 140 Å². The number of aliphatic hydroxyl groups excluding tert-OH is 1. The van der Waals surface area contributed by atoms with Gasteiger partial charge in [-0.2, -0.15) is 8.42 Å². The number of phenols is 3. The summed E-state index contributed by atoms with van der Waals surface area (Å²) in [5.74, 6) is -2.41. The molecule has 19 nitrogen and oxygen atoms in total. The number of non-ortho nitro benzene ring substituents is 2. The summed E-state index contributed by atoms with van der Waals surface area (Å²) in [7, 11) is -4.81. The van der Waals surface area contributed by atoms with Gasteiger partial charge in [0.15, 0.2) is 5.70 Å². The van der Waals surface area contributed by atoms with Crippen LogP contribution in [-0.4, -0.2) is 49.2 Å². The van der Waals surface area contributed by atoms with Crippen LogP contribution in [0.3, 0.4) is 0 Å². The normalized spacial score (nSPS) is 11.8. The standard InChI is InChI=1S/C20H13N3O7S.C16H13ClN4O5.Cr/c24-16-8-5-11-3-1-2-4-13(11)19(16)21-22-20-14-7-6-12(23(26)27)9-15(14)18(10-17(20)25)31(28,29)30;1-9(22)15(16(24)18-12-5-3-2-4-11(12)17)20-19-13-8-10(21(25)26)6-7-14(13)23;/h1-10,24-25H,(H,28,29,30);2-8,22-23H,1H3,(H,18,24);/b;15-9-,20-19?;. The third-order valence-corrected chi connectivity index (χ3v) is 8.98. The topological polar surface area (TPSA) is 300 Å². The van der Waals surface area contributed by atoms with Crippen LogP contribution in [0.4, 0.5) is 34.1 Å². The second-order valence-electron chi connectivity index (χ2n) is 11.6. The Hall–Kier alpha value is -7.02. The van der Waals surface area contributed by atoms with Crippen molar-refractivity contribution in [2.45, 2.75) is 11.8 Å². The predicted molar refractivity (Wildman–Crippen MR) is 207 cm³/mol. The second kappa shape index (κ2) is 18.3. The number of carbonyl (C=O) groups is 1. The van der Waals surface area contributed by atoms with E-state index in [1.807, 2.05) is 0 Å². The smallest absolute Gasteiger partial charge is 0.295 e. The number of phenolic OH excluding ortho intramolecular Hbond substituents is 3. The predicted octanol–water partition coefficient (Wildman–Crippen LogP) is 9.44. The minimum atomic E-state index is -4.81. The van der Waals surface area contributed by atoms with Crippen LogP contribution in [0.2, 0.25) is 5.02 Å². The fourth-order valence-corrected chi connectivity index (χ4v) is 5.96. The Morgan fingerprint density at radius 2 is 1.31 bits per heavy atom. The zero-order chi connectivity index (χ0) is 41.6. The van der Waals surface area contributed by atoms with E-state index in [0.717, 1.165) is 41.8 Å². The first kappa shape index (κ1) is 43.7. The van der Waals surface area contributed by atoms with Gasteiger partial charge in [-0.25, -0.2) is 0 Å². The maximum absolute atomic E-state index is 12.3. The number of anilines is 1. The number of nitro groups is 2. The molecule has 1 amide bonds. The van der Waals surface area contributed by atoms with E-state index in [0.29, 0.717) is 11.1 Å². The van der Waals surface area contributed by atoms with E-state index in [9.17, 15) is 58.4 Å². The first-order chi connectivity index (χ1) is 27.0. The first-order valence-electron chi connectivity index (χ1n) is 15.8. The molecule has 0 atom stereocenters. The number of rotatable bonds is 9. The molecule has 6 rings (SSSR count). The van der Waals surface area contributed by atoms with E-state index >= 15 is 0 Å². The van der Waals surface area contributed by atoms with Crippen LogP contribution >= 0.6 is 11.6 Å². The average molecular weight is 868 g/mol. The van der Waals surface area contributed by atoms with Crippen molar-refractivity contribution in [3.8, 4) is 17.2 Å². The number of fused-ring (bicyclic) bond motifs is 2. The molecule has 0 spiro atoms. The number of nitrogens with zero attached hydrogens (tertiary/aromatic N) is 6. The summed E-state index contributed by atoms with van der Waals surface area (Å²) in [6.45, 7) is 1.22. The quantitative estimate of drug-likeness (QED) is 0.0198. The van der Waals surface area contributed by atoms with Crippen LogP contribution in [0.15, 0.2) is 140 Å². The zero-order valence-electron chi connectivity index (χ0n) is 29.3. The number of azo groups is 2. The summed E-state index contributed by atoms with van der Waals surface area (Å²) in [5.41, 5.74) is -1.19. The van der Waals surface area contributed by atoms with Crippen molar-refractivity contribution >= 4 is 83.3 Å². The molecule has 0 saturated carbocycles. The van der Waals surface area contributed by atoms with E-state index < -0.39 is 53.7 Å². The third kappa shape index (κ3) is 10.0. The van der Waals surface area contributed by atoms with Crippen molar-refractivity contribution in [1.82, 2.24) is 0 Å². The van der Waals surface area contributed by atoms with Gasteiger partial charge in [-0.1, -0.05) is 54.1 Å². The van der Waals surface area contributed by atoms with Gasteiger partial charge in [0.25, 0.3) is 27.4 Å². The van der Waals surface area contributed by atoms with Gasteiger partial charge >= 0.3 is 0 Å². The minimum Gasteiger partial charge on any atom is -0.510 e. The Morgan fingerprint density at radius 3 is 1.95 bits per heavy atom. The number of aromatic hydroxyl groups is 3. The second-order valence-corrected chi connectivity index (χ2v) is 13.4. The van der Waals surface area contributed by atoms with Crippen LogP contribution in [0.5, 0.6) is 17.2 Å². The van der Waals surface area contributed by atoms with Gasteiger partial charge in [0.05, 0.1) is 20.6 Å². The van der Waals surface area contributed by atoms with Gasteiger partial charge in [0.1, 0.15) is 45.0 Å². The van der Waals surface area contributed by atoms with Crippen molar-refractivity contribution in [2.24, 2.45) is 20.5 Å². The molecule has 0 aromatic heterocycles. The number of halogens is 1. The molecule has 0 aliphatic rings. The number of benzene rings is 6. The Morgan fingerprint density at radius 1 is 0.724 bits per heavy atom. The number of amides is 1. The number of carbonyl (C=O) groups excluding carboxylic acids is 1. The van der Waals surface area contributed by atoms with Gasteiger partial charge in [0, 0.05) is 63.9 Å². The fourth-order valence-electron chi connectivity index (χ4n) is 5.07. The minimum absolute atomic E-state index is 0. The first-order valence-corrected chi connectivity index (χ1v) is 17.7. The number of hydrogen-bond acceptors (Lipinski definition) is 15. The van der Waals surface area contributed by atoms with Gasteiger partial charge < -0.3 is 25.7 Å². The van der Waals surface area contributed by atoms with Crippen molar-refractivity contribution in [1.29, 1.82) is 0 Å². The van der Waals surface area contributed by atoms with Crippen molar-refractivity contribution in [3.63, 3.8) is 0 Å². The molecule has 0 saturated heterocycles. The van der Waals surface area contributed by atoms with Crippen molar-refractivity contribution < 1.29 is 65.4 Å². The van der Waals surface area contributed by atoms with E-state index in [-0.39, 0.29) is 67.4 Å². The van der Waals surface area contributed by atoms with Gasteiger partial charge in [0.2, 0.25) is 0 Å². The van der Waals surface area contributed by atoms with Gasteiger partial charge in [-0.3, -0.25) is 29.6 Å². The molecule has 296 valence electrons. The number of para-hydroxylation sites is 1. The monoisotopic (exact) mass is 867 g/mol. The molecule has 0 aliphatic heterocycles. The largest absolute Gasteiger partial charge is 0.510 e. The van der Waals surface area contributed by atoms with Gasteiger partial charge in [-0.15, -0.1) is 20.5 Å². The van der Waals surface area contributed by atoms with E-state index in [1.165, 1.54) is 19.1 Å². The Labute approximate surface area is 342 Å². The molecule has 6 N–H and O–H groups in total. The molecule has 0 fully saturated rings.